The first-order valence-electron chi connectivity index (χ1n) is 12.7. The van der Waals surface area contributed by atoms with Gasteiger partial charge in [0.1, 0.15) is 11.8 Å². The van der Waals surface area contributed by atoms with E-state index in [0.29, 0.717) is 41.5 Å². The van der Waals surface area contributed by atoms with E-state index in [-0.39, 0.29) is 11.1 Å². The molecule has 5 aromatic rings. The van der Waals surface area contributed by atoms with Gasteiger partial charge in [0.2, 0.25) is 0 Å². The summed E-state index contributed by atoms with van der Waals surface area (Å²) in [7, 11) is 3.16. The molecule has 5 rings (SSSR count). The first-order chi connectivity index (χ1) is 18.8. The Morgan fingerprint density at radius 2 is 1.92 bits per heavy atom. The number of ether oxygens (including phenoxy) is 2. The van der Waals surface area contributed by atoms with Crippen LogP contribution in [0.4, 0.5) is 0 Å². The number of pyridine rings is 1. The van der Waals surface area contributed by atoms with Crippen LogP contribution in [0.25, 0.3) is 10.9 Å². The van der Waals surface area contributed by atoms with E-state index in [0.717, 1.165) is 22.4 Å². The van der Waals surface area contributed by atoms with E-state index in [1.807, 2.05) is 40.4 Å². The molecule has 0 aliphatic carbocycles. The predicted octanol–water partition coefficient (Wildman–Crippen LogP) is 5.12. The fourth-order valence-electron chi connectivity index (χ4n) is 4.64. The lowest BCUT2D eigenvalue weighted by Crippen LogP contribution is -2.37. The largest absolute Gasteiger partial charge is 0.493 e. The minimum atomic E-state index is -0.584. The molecule has 11 heteroatoms. The van der Waals surface area contributed by atoms with Gasteiger partial charge in [0.15, 0.2) is 17.3 Å². The quantitative estimate of drug-likeness (QED) is 0.242. The summed E-state index contributed by atoms with van der Waals surface area (Å²) >= 11 is 1.66. The van der Waals surface area contributed by atoms with Crippen molar-refractivity contribution in [3.8, 4) is 11.5 Å². The topological polar surface area (TPSA) is 111 Å². The van der Waals surface area contributed by atoms with Gasteiger partial charge in [0.25, 0.3) is 5.56 Å². The van der Waals surface area contributed by atoms with Gasteiger partial charge in [-0.05, 0) is 66.4 Å². The van der Waals surface area contributed by atoms with Gasteiger partial charge in [-0.2, -0.15) is 0 Å². The molecule has 0 saturated carbocycles. The Hall–Kier alpha value is -3.96. The number of hydrogen-bond donors (Lipinski definition) is 1. The first kappa shape index (κ1) is 26.6. The van der Waals surface area contributed by atoms with E-state index >= 15 is 0 Å². The fourth-order valence-corrected chi connectivity index (χ4v) is 5.37. The van der Waals surface area contributed by atoms with Crippen LogP contribution in [0, 0.1) is 0 Å². The van der Waals surface area contributed by atoms with Crippen LogP contribution in [-0.4, -0.2) is 44.3 Å². The molecule has 10 nitrogen and oxygen atoms in total. The van der Waals surface area contributed by atoms with Crippen LogP contribution < -0.4 is 15.0 Å². The predicted molar refractivity (Wildman–Crippen MR) is 149 cm³/mol. The Labute approximate surface area is 230 Å². The van der Waals surface area contributed by atoms with Crippen molar-refractivity contribution >= 4 is 22.2 Å². The van der Waals surface area contributed by atoms with E-state index in [4.69, 9.17) is 13.9 Å². The van der Waals surface area contributed by atoms with E-state index < -0.39 is 6.04 Å². The van der Waals surface area contributed by atoms with E-state index in [2.05, 4.69) is 52.2 Å². The summed E-state index contributed by atoms with van der Waals surface area (Å²) in [5.41, 5.74) is 0.542. The van der Waals surface area contributed by atoms with Crippen molar-refractivity contribution in [2.45, 2.75) is 51.9 Å². The number of benzene rings is 1. The average Bonchev–Trinajstić information content (AvgIpc) is 3.72. The van der Waals surface area contributed by atoms with E-state index in [9.17, 15) is 4.79 Å². The number of fused-ring (bicyclic) bond motifs is 1. The van der Waals surface area contributed by atoms with Crippen molar-refractivity contribution in [1.82, 2.24) is 30.1 Å². The molecule has 1 atom stereocenters. The van der Waals surface area contributed by atoms with Crippen molar-refractivity contribution < 1.29 is 13.9 Å². The number of furan rings is 1. The average molecular weight is 549 g/mol. The molecular formula is C28H32N6O4S. The Kier molecular flexibility index (Phi) is 7.53. The number of tetrazole rings is 1. The first-order valence-corrected chi connectivity index (χ1v) is 13.6. The van der Waals surface area contributed by atoms with Gasteiger partial charge in [-0.3, -0.25) is 9.69 Å². The summed E-state index contributed by atoms with van der Waals surface area (Å²) in [4.78, 5) is 20.2. The Bertz CT molecular complexity index is 1550. The Balaban J connectivity index is 1.74. The second-order valence-corrected chi connectivity index (χ2v) is 11.0. The number of aromatic amines is 1. The maximum atomic E-state index is 13.8. The lowest BCUT2D eigenvalue weighted by Gasteiger charge is -2.33. The summed E-state index contributed by atoms with van der Waals surface area (Å²) < 4.78 is 18.6. The van der Waals surface area contributed by atoms with E-state index in [1.54, 1.807) is 37.9 Å². The number of nitrogens with one attached hydrogen (secondary N) is 1. The van der Waals surface area contributed by atoms with Gasteiger partial charge in [-0.1, -0.05) is 13.0 Å². The molecule has 0 amide bonds. The van der Waals surface area contributed by atoms with Gasteiger partial charge >= 0.3 is 0 Å². The van der Waals surface area contributed by atoms with Crippen molar-refractivity contribution in [1.29, 1.82) is 0 Å². The van der Waals surface area contributed by atoms with Gasteiger partial charge in [-0.25, -0.2) is 4.68 Å². The standard InChI is InChI=1S/C28H32N6O4S/c1-6-28(2,3)34-26(30-31-32-34)25(33(16-19-9-7-11-38-19)17-20-10-8-12-39-20)21-13-18-14-23(36-4)24(37-5)15-22(18)29-27(21)35/h7-15,25H,6,16-17H2,1-5H3,(H,29,35). The summed E-state index contributed by atoms with van der Waals surface area (Å²) in [6.45, 7) is 7.27. The third kappa shape index (κ3) is 5.32. The summed E-state index contributed by atoms with van der Waals surface area (Å²) in [6.07, 6.45) is 2.45. The van der Waals surface area contributed by atoms with Gasteiger partial charge in [0.05, 0.1) is 38.1 Å². The van der Waals surface area contributed by atoms with Crippen LogP contribution in [0.1, 0.15) is 55.3 Å². The molecule has 204 valence electrons. The molecular weight excluding hydrogens is 516 g/mol. The smallest absolute Gasteiger partial charge is 0.253 e. The summed E-state index contributed by atoms with van der Waals surface area (Å²) in [6, 6.07) is 12.8. The Morgan fingerprint density at radius 3 is 2.59 bits per heavy atom. The highest BCUT2D eigenvalue weighted by atomic mass is 32.1. The zero-order chi connectivity index (χ0) is 27.6. The number of rotatable bonds is 11. The highest BCUT2D eigenvalue weighted by Crippen LogP contribution is 2.35. The molecule has 0 aliphatic heterocycles. The molecule has 0 spiro atoms. The van der Waals surface area contributed by atoms with Crippen LogP contribution in [0.5, 0.6) is 11.5 Å². The zero-order valence-corrected chi connectivity index (χ0v) is 23.5. The second-order valence-electron chi connectivity index (χ2n) is 9.93. The summed E-state index contributed by atoms with van der Waals surface area (Å²) in [5, 5.41) is 15.8. The number of hydrogen-bond acceptors (Lipinski definition) is 9. The third-order valence-electron chi connectivity index (χ3n) is 7.09. The van der Waals surface area contributed by atoms with Crippen LogP contribution >= 0.6 is 11.3 Å². The monoisotopic (exact) mass is 548 g/mol. The minimum absolute atomic E-state index is 0.237. The van der Waals surface area contributed by atoms with Crippen LogP contribution in [0.15, 0.2) is 63.3 Å². The Morgan fingerprint density at radius 1 is 1.13 bits per heavy atom. The molecule has 1 aromatic carbocycles. The molecule has 0 aliphatic rings. The lowest BCUT2D eigenvalue weighted by molar-refractivity contribution is 0.169. The molecule has 0 saturated heterocycles. The molecule has 1 N–H and O–H groups in total. The van der Waals surface area contributed by atoms with Crippen LogP contribution in [-0.2, 0) is 18.6 Å². The van der Waals surface area contributed by atoms with Crippen LogP contribution in [0.3, 0.4) is 0 Å². The van der Waals surface area contributed by atoms with Gasteiger partial charge in [0, 0.05) is 28.4 Å². The fraction of sp³-hybridized carbons (Fsp3) is 0.357. The molecule has 4 aromatic heterocycles. The molecule has 0 bridgehead atoms. The SMILES string of the molecule is CCC(C)(C)n1nnnc1C(c1cc2cc(OC)c(OC)cc2[nH]c1=O)N(Cc1ccco1)Cc1cccs1. The number of thiophene rings is 1. The second kappa shape index (κ2) is 11.0. The van der Waals surface area contributed by atoms with Crippen molar-refractivity contribution in [3.63, 3.8) is 0 Å². The van der Waals surface area contributed by atoms with Gasteiger partial charge < -0.3 is 18.9 Å². The van der Waals surface area contributed by atoms with E-state index in [1.165, 1.54) is 0 Å². The normalized spacial score (nSPS) is 12.8. The number of aromatic nitrogens is 5. The lowest BCUT2D eigenvalue weighted by atomic mass is 9.99. The molecule has 0 fully saturated rings. The van der Waals surface area contributed by atoms with Crippen molar-refractivity contribution in [3.05, 3.63) is 86.5 Å². The zero-order valence-electron chi connectivity index (χ0n) is 22.7. The highest BCUT2D eigenvalue weighted by Gasteiger charge is 2.35. The molecule has 39 heavy (non-hydrogen) atoms. The summed E-state index contributed by atoms with van der Waals surface area (Å²) in [5.74, 6) is 2.46. The minimum Gasteiger partial charge on any atom is -0.493 e. The number of nitrogens with zero attached hydrogens (tertiary/aromatic N) is 5. The van der Waals surface area contributed by atoms with Gasteiger partial charge in [-0.15, -0.1) is 16.4 Å². The third-order valence-corrected chi connectivity index (χ3v) is 7.95. The molecule has 1 unspecified atom stereocenters. The molecule has 4 heterocycles. The van der Waals surface area contributed by atoms with Crippen molar-refractivity contribution in [2.24, 2.45) is 0 Å². The van der Waals surface area contributed by atoms with Crippen LogP contribution in [0.2, 0.25) is 0 Å². The number of H-pyrrole nitrogens is 1. The maximum absolute atomic E-state index is 13.8. The maximum Gasteiger partial charge on any atom is 0.253 e. The number of methoxy groups -OCH3 is 2. The van der Waals surface area contributed by atoms with Crippen molar-refractivity contribution in [2.75, 3.05) is 14.2 Å². The molecule has 0 radical (unpaired) electrons. The highest BCUT2D eigenvalue weighted by molar-refractivity contribution is 7.09.